The molecule has 1 amide bonds. The summed E-state index contributed by atoms with van der Waals surface area (Å²) in [5.41, 5.74) is 8.88. The van der Waals surface area contributed by atoms with Gasteiger partial charge in [0.2, 0.25) is 5.43 Å². The van der Waals surface area contributed by atoms with Crippen molar-refractivity contribution in [1.29, 1.82) is 0 Å². The van der Waals surface area contributed by atoms with Gasteiger partial charge in [0.15, 0.2) is 0 Å². The minimum atomic E-state index is -0.407. The summed E-state index contributed by atoms with van der Waals surface area (Å²) in [5, 5.41) is 3.47. The summed E-state index contributed by atoms with van der Waals surface area (Å²) in [6, 6.07) is 11.9. The summed E-state index contributed by atoms with van der Waals surface area (Å²) in [4.78, 5) is 25.8. The lowest BCUT2D eigenvalue weighted by Crippen LogP contribution is -2.45. The van der Waals surface area contributed by atoms with Gasteiger partial charge >= 0.3 is 0 Å². The molecule has 2 atom stereocenters. The van der Waals surface area contributed by atoms with Crippen molar-refractivity contribution in [3.05, 3.63) is 81.4 Å². The third-order valence-electron chi connectivity index (χ3n) is 5.73. The maximum Gasteiger partial charge on any atom is 0.258 e. The SMILES string of the molecule is O=C(NC1CC(c2cccc(F)c2)NN1)c1cn2c3c(cccc3c1=O)CCC2. The molecule has 2 aliphatic heterocycles. The highest BCUT2D eigenvalue weighted by Gasteiger charge is 2.28. The number of hydrogen-bond acceptors (Lipinski definition) is 4. The number of carbonyl (C=O) groups is 1. The predicted molar refractivity (Wildman–Crippen MR) is 108 cm³/mol. The number of nitrogens with one attached hydrogen (secondary N) is 3. The van der Waals surface area contributed by atoms with Crippen LogP contribution >= 0.6 is 0 Å². The molecule has 0 spiro atoms. The van der Waals surface area contributed by atoms with Crippen molar-refractivity contribution in [2.24, 2.45) is 0 Å². The van der Waals surface area contributed by atoms with Gasteiger partial charge in [-0.1, -0.05) is 24.3 Å². The molecule has 7 heteroatoms. The van der Waals surface area contributed by atoms with Gasteiger partial charge in [0, 0.05) is 30.6 Å². The number of hydrogen-bond donors (Lipinski definition) is 3. The number of nitrogens with zero attached hydrogens (tertiary/aromatic N) is 1. The largest absolute Gasteiger partial charge is 0.346 e. The number of aromatic nitrogens is 1. The summed E-state index contributed by atoms with van der Waals surface area (Å²) < 4.78 is 15.5. The first kappa shape index (κ1) is 18.0. The van der Waals surface area contributed by atoms with E-state index < -0.39 is 5.91 Å². The molecule has 2 unspecified atom stereocenters. The predicted octanol–water partition coefficient (Wildman–Crippen LogP) is 2.38. The highest BCUT2D eigenvalue weighted by molar-refractivity contribution is 5.98. The number of halogens is 1. The monoisotopic (exact) mass is 392 g/mol. The Morgan fingerprint density at radius 3 is 2.90 bits per heavy atom. The zero-order valence-electron chi connectivity index (χ0n) is 15.7. The number of pyridine rings is 1. The van der Waals surface area contributed by atoms with E-state index in [1.165, 1.54) is 12.1 Å². The number of benzene rings is 2. The number of hydrazine groups is 1. The summed E-state index contributed by atoms with van der Waals surface area (Å²) in [6.45, 7) is 0.791. The molecule has 0 bridgehead atoms. The molecule has 3 N–H and O–H groups in total. The molecule has 1 saturated heterocycles. The highest BCUT2D eigenvalue weighted by Crippen LogP contribution is 2.24. The molecule has 1 aromatic heterocycles. The summed E-state index contributed by atoms with van der Waals surface area (Å²) >= 11 is 0. The Balaban J connectivity index is 1.39. The second-order valence-electron chi connectivity index (χ2n) is 7.64. The first-order chi connectivity index (χ1) is 14.1. The van der Waals surface area contributed by atoms with Crippen LogP contribution in [-0.2, 0) is 13.0 Å². The zero-order chi connectivity index (χ0) is 20.0. The minimum Gasteiger partial charge on any atom is -0.346 e. The number of carbonyl (C=O) groups excluding carboxylic acids is 1. The number of amides is 1. The van der Waals surface area contributed by atoms with Crippen LogP contribution < -0.4 is 21.6 Å². The van der Waals surface area contributed by atoms with Crippen molar-refractivity contribution >= 4 is 16.8 Å². The third kappa shape index (κ3) is 3.22. The zero-order valence-corrected chi connectivity index (χ0v) is 15.7. The maximum absolute atomic E-state index is 13.5. The van der Waals surface area contributed by atoms with Gasteiger partial charge in [-0.15, -0.1) is 0 Å². The molecule has 3 heterocycles. The fourth-order valence-corrected chi connectivity index (χ4v) is 4.35. The molecule has 0 aliphatic carbocycles. The minimum absolute atomic E-state index is 0.127. The van der Waals surface area contributed by atoms with E-state index >= 15 is 0 Å². The van der Waals surface area contributed by atoms with Gasteiger partial charge in [0.25, 0.3) is 5.91 Å². The van der Waals surface area contributed by atoms with E-state index in [0.717, 1.165) is 36.0 Å². The summed E-state index contributed by atoms with van der Waals surface area (Å²) in [6.07, 6.45) is 3.79. The molecule has 6 nitrogen and oxygen atoms in total. The Labute approximate surface area is 166 Å². The van der Waals surface area contributed by atoms with E-state index in [4.69, 9.17) is 0 Å². The fraction of sp³-hybridized carbons (Fsp3) is 0.273. The molecule has 3 aromatic rings. The lowest BCUT2D eigenvalue weighted by molar-refractivity contribution is 0.0930. The number of aryl methyl sites for hydroxylation is 2. The van der Waals surface area contributed by atoms with Crippen LogP contribution in [-0.4, -0.2) is 16.6 Å². The van der Waals surface area contributed by atoms with Gasteiger partial charge in [-0.2, -0.15) is 0 Å². The second-order valence-corrected chi connectivity index (χ2v) is 7.64. The maximum atomic E-state index is 13.5. The Bertz CT molecular complexity index is 1170. The molecule has 0 saturated carbocycles. The lowest BCUT2D eigenvalue weighted by Gasteiger charge is -2.21. The van der Waals surface area contributed by atoms with E-state index in [-0.39, 0.29) is 29.0 Å². The molecule has 5 rings (SSSR count). The topological polar surface area (TPSA) is 75.2 Å². The Kier molecular flexibility index (Phi) is 4.41. The highest BCUT2D eigenvalue weighted by atomic mass is 19.1. The van der Waals surface area contributed by atoms with E-state index in [2.05, 4.69) is 16.2 Å². The van der Waals surface area contributed by atoms with E-state index in [1.807, 2.05) is 22.8 Å². The molecule has 148 valence electrons. The van der Waals surface area contributed by atoms with Gasteiger partial charge in [0.05, 0.1) is 11.7 Å². The second kappa shape index (κ2) is 7.09. The van der Waals surface area contributed by atoms with Crippen LogP contribution in [0.4, 0.5) is 4.39 Å². The quantitative estimate of drug-likeness (QED) is 0.640. The number of rotatable bonds is 3. The first-order valence-electron chi connectivity index (χ1n) is 9.82. The molecule has 0 radical (unpaired) electrons. The first-order valence-corrected chi connectivity index (χ1v) is 9.82. The van der Waals surface area contributed by atoms with Gasteiger partial charge in [-0.3, -0.25) is 9.59 Å². The van der Waals surface area contributed by atoms with Gasteiger partial charge in [-0.25, -0.2) is 15.2 Å². The van der Waals surface area contributed by atoms with Crippen molar-refractivity contribution in [2.45, 2.75) is 38.0 Å². The number of para-hydroxylation sites is 1. The lowest BCUT2D eigenvalue weighted by atomic mass is 9.99. The molecule has 1 fully saturated rings. The van der Waals surface area contributed by atoms with Gasteiger partial charge < -0.3 is 9.88 Å². The van der Waals surface area contributed by atoms with Crippen LogP contribution in [0, 0.1) is 5.82 Å². The van der Waals surface area contributed by atoms with Gasteiger partial charge in [-0.05, 0) is 42.2 Å². The van der Waals surface area contributed by atoms with Crippen molar-refractivity contribution in [1.82, 2.24) is 20.7 Å². The third-order valence-corrected chi connectivity index (χ3v) is 5.73. The molecule has 2 aliphatic rings. The molecule has 29 heavy (non-hydrogen) atoms. The van der Waals surface area contributed by atoms with Crippen LogP contribution in [0.15, 0.2) is 53.5 Å². The van der Waals surface area contributed by atoms with Crippen LogP contribution in [0.1, 0.15) is 40.4 Å². The standard InChI is InChI=1S/C22H21FN4O2/c23-15-7-1-5-14(10-15)18-11-19(26-25-18)24-22(29)17-12-27-9-3-6-13-4-2-8-16(20(13)27)21(17)28/h1-2,4-5,7-8,10,12,18-19,25-26H,3,6,9,11H2,(H,24,29). The smallest absolute Gasteiger partial charge is 0.258 e. The Hall–Kier alpha value is -3.03. The molecular formula is C22H21FN4O2. The average Bonchev–Trinajstić information content (AvgIpc) is 3.19. The van der Waals surface area contributed by atoms with Gasteiger partial charge in [0.1, 0.15) is 11.4 Å². The van der Waals surface area contributed by atoms with Crippen LogP contribution in [0.2, 0.25) is 0 Å². The average molecular weight is 392 g/mol. The van der Waals surface area contributed by atoms with Crippen LogP contribution in [0.3, 0.4) is 0 Å². The van der Waals surface area contributed by atoms with Crippen molar-refractivity contribution < 1.29 is 9.18 Å². The van der Waals surface area contributed by atoms with E-state index in [1.54, 1.807) is 18.3 Å². The summed E-state index contributed by atoms with van der Waals surface area (Å²) in [7, 11) is 0. The van der Waals surface area contributed by atoms with Crippen molar-refractivity contribution in [2.75, 3.05) is 0 Å². The van der Waals surface area contributed by atoms with E-state index in [9.17, 15) is 14.0 Å². The van der Waals surface area contributed by atoms with Crippen molar-refractivity contribution in [3.63, 3.8) is 0 Å². The normalized spacial score (nSPS) is 20.7. The van der Waals surface area contributed by atoms with Crippen LogP contribution in [0.25, 0.3) is 10.9 Å². The molecule has 2 aromatic carbocycles. The Morgan fingerprint density at radius 2 is 2.03 bits per heavy atom. The fourth-order valence-electron chi connectivity index (χ4n) is 4.35. The summed E-state index contributed by atoms with van der Waals surface area (Å²) in [5.74, 6) is -0.704. The Morgan fingerprint density at radius 1 is 1.17 bits per heavy atom. The van der Waals surface area contributed by atoms with Crippen molar-refractivity contribution in [3.8, 4) is 0 Å². The molecular weight excluding hydrogens is 371 g/mol. The van der Waals surface area contributed by atoms with Crippen LogP contribution in [0.5, 0.6) is 0 Å². The van der Waals surface area contributed by atoms with E-state index in [0.29, 0.717) is 11.8 Å².